The Bertz CT molecular complexity index is 1010. The second-order valence-electron chi connectivity index (χ2n) is 5.63. The molecule has 26 heavy (non-hydrogen) atoms. The van der Waals surface area contributed by atoms with Crippen molar-refractivity contribution in [1.29, 1.82) is 5.26 Å². The Morgan fingerprint density at radius 3 is 2.73 bits per heavy atom. The van der Waals surface area contributed by atoms with Crippen LogP contribution in [-0.2, 0) is 0 Å². The summed E-state index contributed by atoms with van der Waals surface area (Å²) in [5, 5.41) is 15.7. The Hall–Kier alpha value is -3.36. The van der Waals surface area contributed by atoms with Crippen LogP contribution in [0.4, 0.5) is 17.2 Å². The molecule has 0 bridgehead atoms. The predicted octanol–water partition coefficient (Wildman–Crippen LogP) is 4.91. The monoisotopic (exact) mass is 362 g/mol. The number of aromatic nitrogens is 1. The van der Waals surface area contributed by atoms with Gasteiger partial charge < -0.3 is 10.6 Å². The van der Waals surface area contributed by atoms with E-state index in [0.29, 0.717) is 27.7 Å². The lowest BCUT2D eigenvalue weighted by atomic mass is 10.1. The van der Waals surface area contributed by atoms with Crippen molar-refractivity contribution in [1.82, 2.24) is 4.98 Å². The maximum Gasteiger partial charge on any atom is 0.255 e. The average molecular weight is 363 g/mol. The SMILES string of the molecule is Cc1ccc(Cl)cc1Nc1cc(C(=O)Nc2ccccc2C#N)ccn1. The molecule has 2 N–H and O–H groups in total. The number of pyridine rings is 1. The van der Waals surface area contributed by atoms with E-state index in [2.05, 4.69) is 21.7 Å². The highest BCUT2D eigenvalue weighted by Gasteiger charge is 2.10. The van der Waals surface area contributed by atoms with Crippen molar-refractivity contribution < 1.29 is 4.79 Å². The van der Waals surface area contributed by atoms with Crippen LogP contribution < -0.4 is 10.6 Å². The molecule has 0 aliphatic heterocycles. The summed E-state index contributed by atoms with van der Waals surface area (Å²) in [6.45, 7) is 1.95. The van der Waals surface area contributed by atoms with Gasteiger partial charge in [0.1, 0.15) is 11.9 Å². The van der Waals surface area contributed by atoms with Gasteiger partial charge in [-0.25, -0.2) is 4.98 Å². The molecule has 0 unspecified atom stereocenters. The fourth-order valence-corrected chi connectivity index (χ4v) is 2.56. The molecule has 1 heterocycles. The topological polar surface area (TPSA) is 77.8 Å². The van der Waals surface area contributed by atoms with Crippen LogP contribution in [0.1, 0.15) is 21.5 Å². The zero-order valence-electron chi connectivity index (χ0n) is 14.0. The zero-order valence-corrected chi connectivity index (χ0v) is 14.7. The van der Waals surface area contributed by atoms with E-state index in [-0.39, 0.29) is 5.91 Å². The molecule has 1 aromatic heterocycles. The second-order valence-corrected chi connectivity index (χ2v) is 6.06. The van der Waals surface area contributed by atoms with Gasteiger partial charge in [-0.15, -0.1) is 0 Å². The van der Waals surface area contributed by atoms with Gasteiger partial charge in [0, 0.05) is 22.5 Å². The number of rotatable bonds is 4. The molecule has 0 atom stereocenters. The number of amides is 1. The lowest BCUT2D eigenvalue weighted by Gasteiger charge is -2.11. The first-order chi connectivity index (χ1) is 12.6. The number of nitrogens with one attached hydrogen (secondary N) is 2. The Labute approximate surface area is 156 Å². The Morgan fingerprint density at radius 1 is 1.12 bits per heavy atom. The molecule has 0 aliphatic rings. The smallest absolute Gasteiger partial charge is 0.255 e. The number of nitrogens with zero attached hydrogens (tertiary/aromatic N) is 2. The molecule has 2 aromatic carbocycles. The normalized spacial score (nSPS) is 10.0. The van der Waals surface area contributed by atoms with E-state index < -0.39 is 0 Å². The average Bonchev–Trinajstić information content (AvgIpc) is 2.65. The van der Waals surface area contributed by atoms with E-state index in [0.717, 1.165) is 11.3 Å². The molecule has 1 amide bonds. The first-order valence-electron chi connectivity index (χ1n) is 7.86. The Kier molecular flexibility index (Phi) is 5.16. The van der Waals surface area contributed by atoms with Gasteiger partial charge in [0.25, 0.3) is 5.91 Å². The van der Waals surface area contributed by atoms with Gasteiger partial charge in [-0.3, -0.25) is 4.79 Å². The lowest BCUT2D eigenvalue weighted by Crippen LogP contribution is -2.13. The second kappa shape index (κ2) is 7.68. The number of carbonyl (C=O) groups excluding carboxylic acids is 1. The van der Waals surface area contributed by atoms with Gasteiger partial charge in [-0.2, -0.15) is 5.26 Å². The van der Waals surface area contributed by atoms with Crippen LogP contribution in [0.15, 0.2) is 60.8 Å². The van der Waals surface area contributed by atoms with E-state index >= 15 is 0 Å². The number of halogens is 1. The molecular formula is C20H15ClN4O. The molecule has 3 rings (SSSR count). The third kappa shape index (κ3) is 4.00. The summed E-state index contributed by atoms with van der Waals surface area (Å²) >= 11 is 6.03. The zero-order chi connectivity index (χ0) is 18.5. The summed E-state index contributed by atoms with van der Waals surface area (Å²) in [5.41, 5.74) is 3.13. The van der Waals surface area contributed by atoms with E-state index in [1.807, 2.05) is 19.1 Å². The van der Waals surface area contributed by atoms with E-state index in [1.165, 1.54) is 0 Å². The number of benzene rings is 2. The number of para-hydroxylation sites is 1. The summed E-state index contributed by atoms with van der Waals surface area (Å²) in [4.78, 5) is 16.8. The summed E-state index contributed by atoms with van der Waals surface area (Å²) in [7, 11) is 0. The van der Waals surface area contributed by atoms with Gasteiger partial charge in [0.05, 0.1) is 11.3 Å². The molecule has 5 nitrogen and oxygen atoms in total. The van der Waals surface area contributed by atoms with Gasteiger partial charge in [-0.1, -0.05) is 29.8 Å². The Morgan fingerprint density at radius 2 is 1.92 bits per heavy atom. The van der Waals surface area contributed by atoms with Crippen LogP contribution in [0.3, 0.4) is 0 Å². The molecular weight excluding hydrogens is 348 g/mol. The minimum atomic E-state index is -0.319. The minimum Gasteiger partial charge on any atom is -0.340 e. The molecule has 128 valence electrons. The van der Waals surface area contributed by atoms with Crippen LogP contribution in [0.5, 0.6) is 0 Å². The van der Waals surface area contributed by atoms with Crippen LogP contribution in [0, 0.1) is 18.3 Å². The van der Waals surface area contributed by atoms with Crippen LogP contribution >= 0.6 is 11.6 Å². The van der Waals surface area contributed by atoms with Gasteiger partial charge >= 0.3 is 0 Å². The number of hydrogen-bond donors (Lipinski definition) is 2. The van der Waals surface area contributed by atoms with Crippen LogP contribution in [-0.4, -0.2) is 10.9 Å². The van der Waals surface area contributed by atoms with Crippen molar-refractivity contribution in [2.45, 2.75) is 6.92 Å². The molecule has 0 radical (unpaired) electrons. The van der Waals surface area contributed by atoms with Gasteiger partial charge in [0.15, 0.2) is 0 Å². The van der Waals surface area contributed by atoms with Crippen LogP contribution in [0.2, 0.25) is 5.02 Å². The van der Waals surface area contributed by atoms with E-state index in [9.17, 15) is 4.79 Å². The number of carbonyl (C=O) groups is 1. The number of nitriles is 1. The fourth-order valence-electron chi connectivity index (χ4n) is 2.39. The van der Waals surface area contributed by atoms with Gasteiger partial charge in [-0.05, 0) is 48.9 Å². The highest BCUT2D eigenvalue weighted by atomic mass is 35.5. The van der Waals surface area contributed by atoms with Crippen molar-refractivity contribution in [2.75, 3.05) is 10.6 Å². The summed E-state index contributed by atoms with van der Waals surface area (Å²) in [5.74, 6) is 0.206. The standard InChI is InChI=1S/C20H15ClN4O/c1-13-6-7-16(21)11-18(13)24-19-10-14(8-9-23-19)20(26)25-17-5-3-2-4-15(17)12-22/h2-11H,1H3,(H,23,24)(H,25,26). The highest BCUT2D eigenvalue weighted by Crippen LogP contribution is 2.24. The molecule has 0 saturated heterocycles. The van der Waals surface area contributed by atoms with Crippen molar-refractivity contribution in [3.8, 4) is 6.07 Å². The first kappa shape index (κ1) is 17.5. The largest absolute Gasteiger partial charge is 0.340 e. The highest BCUT2D eigenvalue weighted by molar-refractivity contribution is 6.30. The summed E-state index contributed by atoms with van der Waals surface area (Å²) < 4.78 is 0. The molecule has 0 fully saturated rings. The molecule has 0 spiro atoms. The number of anilines is 3. The lowest BCUT2D eigenvalue weighted by molar-refractivity contribution is 0.102. The summed E-state index contributed by atoms with van der Waals surface area (Å²) in [6, 6.07) is 17.7. The fraction of sp³-hybridized carbons (Fsp3) is 0.0500. The van der Waals surface area contributed by atoms with Crippen molar-refractivity contribution in [3.63, 3.8) is 0 Å². The molecule has 3 aromatic rings. The number of hydrogen-bond acceptors (Lipinski definition) is 4. The third-order valence-electron chi connectivity index (χ3n) is 3.78. The maximum absolute atomic E-state index is 12.5. The number of aryl methyl sites for hydroxylation is 1. The quantitative estimate of drug-likeness (QED) is 0.691. The minimum absolute atomic E-state index is 0.319. The van der Waals surface area contributed by atoms with Crippen molar-refractivity contribution >= 4 is 34.7 Å². The Balaban J connectivity index is 1.82. The maximum atomic E-state index is 12.5. The van der Waals surface area contributed by atoms with Crippen LogP contribution in [0.25, 0.3) is 0 Å². The van der Waals surface area contributed by atoms with Gasteiger partial charge in [0.2, 0.25) is 0 Å². The van der Waals surface area contributed by atoms with Crippen molar-refractivity contribution in [3.05, 3.63) is 82.5 Å². The molecule has 6 heteroatoms. The molecule has 0 aliphatic carbocycles. The van der Waals surface area contributed by atoms with Crippen molar-refractivity contribution in [2.24, 2.45) is 0 Å². The first-order valence-corrected chi connectivity index (χ1v) is 8.24. The van der Waals surface area contributed by atoms with E-state index in [4.69, 9.17) is 16.9 Å². The predicted molar refractivity (Wildman–Crippen MR) is 103 cm³/mol. The van der Waals surface area contributed by atoms with E-state index in [1.54, 1.807) is 48.7 Å². The summed E-state index contributed by atoms with van der Waals surface area (Å²) in [6.07, 6.45) is 1.55. The molecule has 0 saturated carbocycles. The third-order valence-corrected chi connectivity index (χ3v) is 4.02.